The maximum Gasteiger partial charge on any atom is 0.325 e. The number of nitrogens with zero attached hydrogens (tertiary/aromatic N) is 3. The first-order chi connectivity index (χ1) is 15.4. The molecule has 1 aromatic carbocycles. The fraction of sp³-hybridized carbons (Fsp3) is 0.391. The predicted octanol–water partition coefficient (Wildman–Crippen LogP) is 1.96. The molecule has 3 aliphatic heterocycles. The van der Waals surface area contributed by atoms with Crippen molar-refractivity contribution < 1.29 is 14.4 Å². The number of carbonyl (C=O) groups excluding carboxylic acids is 3. The number of hydrogen-bond acceptors (Lipinski definition) is 4. The van der Waals surface area contributed by atoms with Crippen molar-refractivity contribution in [3.63, 3.8) is 0 Å². The summed E-state index contributed by atoms with van der Waals surface area (Å²) in [7, 11) is 0. The standard InChI is InChI=1S/C23H23ClN4O4/c24-17-6-4-14(5-7-17)11-28-22(31)18(25-23(28)32)9-21(30)26-10-15-8-16(13-26)19-2-1-3-20(29)27(19)12-15/h1-7,15-16,18H,8-13H2,(H,25,32)/t15-,16+,18?/m1/s1. The molecule has 166 valence electrons. The molecule has 2 saturated heterocycles. The van der Waals surface area contributed by atoms with Crippen LogP contribution in [0.5, 0.6) is 0 Å². The highest BCUT2D eigenvalue weighted by Crippen LogP contribution is 2.35. The Hall–Kier alpha value is -3.13. The molecular weight excluding hydrogens is 432 g/mol. The number of carbonyl (C=O) groups is 3. The molecular formula is C23H23ClN4O4. The number of fused-ring (bicyclic) bond motifs is 4. The summed E-state index contributed by atoms with van der Waals surface area (Å²) in [4.78, 5) is 53.3. The van der Waals surface area contributed by atoms with Crippen LogP contribution < -0.4 is 10.9 Å². The van der Waals surface area contributed by atoms with Crippen molar-refractivity contribution in [1.29, 1.82) is 0 Å². The van der Waals surface area contributed by atoms with Gasteiger partial charge in [0, 0.05) is 42.3 Å². The summed E-state index contributed by atoms with van der Waals surface area (Å²) in [5.74, 6) is -0.234. The van der Waals surface area contributed by atoms with Crippen LogP contribution in [-0.2, 0) is 22.7 Å². The third-order valence-electron chi connectivity index (χ3n) is 6.57. The first-order valence-corrected chi connectivity index (χ1v) is 11.1. The maximum atomic E-state index is 13.0. The number of hydrogen-bond donors (Lipinski definition) is 1. The van der Waals surface area contributed by atoms with Gasteiger partial charge >= 0.3 is 6.03 Å². The van der Waals surface area contributed by atoms with Crippen molar-refractivity contribution in [3.8, 4) is 0 Å². The molecule has 5 rings (SSSR count). The Kier molecular flexibility index (Phi) is 5.25. The van der Waals surface area contributed by atoms with Crippen LogP contribution in [0.15, 0.2) is 47.3 Å². The van der Waals surface area contributed by atoms with Gasteiger partial charge in [-0.15, -0.1) is 0 Å². The van der Waals surface area contributed by atoms with Crippen LogP contribution in [-0.4, -0.2) is 51.3 Å². The molecule has 4 heterocycles. The van der Waals surface area contributed by atoms with Gasteiger partial charge in [-0.1, -0.05) is 29.8 Å². The van der Waals surface area contributed by atoms with Gasteiger partial charge in [0.1, 0.15) is 6.04 Å². The van der Waals surface area contributed by atoms with E-state index < -0.39 is 18.0 Å². The number of piperidine rings is 1. The third-order valence-corrected chi connectivity index (χ3v) is 6.82. The van der Waals surface area contributed by atoms with E-state index in [0.717, 1.165) is 22.6 Å². The molecule has 9 heteroatoms. The van der Waals surface area contributed by atoms with Gasteiger partial charge in [0.2, 0.25) is 5.91 Å². The van der Waals surface area contributed by atoms with Crippen molar-refractivity contribution in [1.82, 2.24) is 19.7 Å². The number of urea groups is 1. The van der Waals surface area contributed by atoms with Crippen LogP contribution in [0, 0.1) is 5.92 Å². The Morgan fingerprint density at radius 2 is 1.81 bits per heavy atom. The number of amides is 4. The molecule has 2 bridgehead atoms. The van der Waals surface area contributed by atoms with E-state index in [4.69, 9.17) is 11.6 Å². The van der Waals surface area contributed by atoms with Crippen molar-refractivity contribution >= 4 is 29.4 Å². The fourth-order valence-corrected chi connectivity index (χ4v) is 5.17. The highest BCUT2D eigenvalue weighted by molar-refractivity contribution is 6.30. The van der Waals surface area contributed by atoms with Crippen LogP contribution in [0.1, 0.15) is 30.0 Å². The average molecular weight is 455 g/mol. The third kappa shape index (κ3) is 3.79. The molecule has 1 aromatic heterocycles. The minimum atomic E-state index is -0.862. The Morgan fingerprint density at radius 3 is 2.59 bits per heavy atom. The summed E-state index contributed by atoms with van der Waals surface area (Å²) in [6, 6.07) is 10.9. The highest BCUT2D eigenvalue weighted by Gasteiger charge is 2.41. The number of likely N-dealkylation sites (tertiary alicyclic amines) is 1. The number of benzene rings is 1. The largest absolute Gasteiger partial charge is 0.342 e. The van der Waals surface area contributed by atoms with E-state index >= 15 is 0 Å². The summed E-state index contributed by atoms with van der Waals surface area (Å²) in [5.41, 5.74) is 1.74. The number of pyridine rings is 1. The molecule has 0 spiro atoms. The predicted molar refractivity (Wildman–Crippen MR) is 117 cm³/mol. The molecule has 32 heavy (non-hydrogen) atoms. The summed E-state index contributed by atoms with van der Waals surface area (Å²) < 4.78 is 1.82. The summed E-state index contributed by atoms with van der Waals surface area (Å²) in [5, 5.41) is 3.22. The molecule has 0 aliphatic carbocycles. The van der Waals surface area contributed by atoms with E-state index in [-0.39, 0.29) is 36.3 Å². The molecule has 1 unspecified atom stereocenters. The number of imide groups is 1. The normalized spacial score (nSPS) is 24.3. The monoisotopic (exact) mass is 454 g/mol. The van der Waals surface area contributed by atoms with E-state index in [1.54, 1.807) is 41.3 Å². The van der Waals surface area contributed by atoms with Crippen molar-refractivity contribution in [2.75, 3.05) is 13.1 Å². The lowest BCUT2D eigenvalue weighted by Gasteiger charge is -2.43. The Balaban J connectivity index is 1.25. The van der Waals surface area contributed by atoms with Crippen LogP contribution in [0.2, 0.25) is 5.02 Å². The van der Waals surface area contributed by atoms with Gasteiger partial charge in [-0.3, -0.25) is 19.3 Å². The van der Waals surface area contributed by atoms with E-state index in [9.17, 15) is 19.2 Å². The van der Waals surface area contributed by atoms with E-state index in [0.29, 0.717) is 24.7 Å². The molecule has 3 atom stereocenters. The van der Waals surface area contributed by atoms with Gasteiger partial charge in [-0.25, -0.2) is 4.79 Å². The second-order valence-corrected chi connectivity index (χ2v) is 9.19. The Bertz CT molecular complexity index is 1150. The number of nitrogens with one attached hydrogen (secondary N) is 1. The zero-order chi connectivity index (χ0) is 22.4. The van der Waals surface area contributed by atoms with Crippen molar-refractivity contribution in [2.24, 2.45) is 5.92 Å². The Labute approximate surface area is 189 Å². The topological polar surface area (TPSA) is 91.7 Å². The van der Waals surface area contributed by atoms with Crippen LogP contribution in [0.25, 0.3) is 0 Å². The van der Waals surface area contributed by atoms with Gasteiger partial charge in [-0.2, -0.15) is 0 Å². The minimum absolute atomic E-state index is 0.00276. The molecule has 4 amide bonds. The van der Waals surface area contributed by atoms with Crippen molar-refractivity contribution in [3.05, 3.63) is 69.1 Å². The SMILES string of the molecule is O=C(CC1NC(=O)N(Cc2ccc(Cl)cc2)C1=O)N1C[C@H]2C[C@@H](C1)c1cccc(=O)n1C2. The lowest BCUT2D eigenvalue weighted by Crippen LogP contribution is -2.50. The second-order valence-electron chi connectivity index (χ2n) is 8.75. The van der Waals surface area contributed by atoms with E-state index in [1.807, 2.05) is 10.6 Å². The van der Waals surface area contributed by atoms with Gasteiger partial charge in [0.15, 0.2) is 0 Å². The van der Waals surface area contributed by atoms with Gasteiger partial charge < -0.3 is 14.8 Å². The zero-order valence-corrected chi connectivity index (χ0v) is 18.1. The number of aromatic nitrogens is 1. The molecule has 8 nitrogen and oxygen atoms in total. The summed E-state index contributed by atoms with van der Waals surface area (Å²) >= 11 is 5.89. The molecule has 1 N–H and O–H groups in total. The van der Waals surface area contributed by atoms with Gasteiger partial charge in [0.05, 0.1) is 13.0 Å². The average Bonchev–Trinajstić information content (AvgIpc) is 3.03. The van der Waals surface area contributed by atoms with Crippen LogP contribution in [0.3, 0.4) is 0 Å². The second kappa shape index (κ2) is 8.09. The van der Waals surface area contributed by atoms with Crippen LogP contribution >= 0.6 is 11.6 Å². The lowest BCUT2D eigenvalue weighted by molar-refractivity contribution is -0.137. The highest BCUT2D eigenvalue weighted by atomic mass is 35.5. The van der Waals surface area contributed by atoms with Crippen LogP contribution in [0.4, 0.5) is 4.79 Å². The first-order valence-electron chi connectivity index (χ1n) is 10.7. The smallest absolute Gasteiger partial charge is 0.325 e. The molecule has 0 radical (unpaired) electrons. The number of rotatable bonds is 4. The van der Waals surface area contributed by atoms with E-state index in [1.165, 1.54) is 0 Å². The Morgan fingerprint density at radius 1 is 1.03 bits per heavy atom. The van der Waals surface area contributed by atoms with Crippen molar-refractivity contribution in [2.45, 2.75) is 37.9 Å². The summed E-state index contributed by atoms with van der Waals surface area (Å²) in [6.45, 7) is 1.80. The number of halogens is 1. The zero-order valence-electron chi connectivity index (χ0n) is 17.4. The quantitative estimate of drug-likeness (QED) is 0.715. The van der Waals surface area contributed by atoms with E-state index in [2.05, 4.69) is 5.32 Å². The molecule has 3 aliphatic rings. The lowest BCUT2D eigenvalue weighted by atomic mass is 9.83. The first kappa shape index (κ1) is 20.8. The molecule has 2 aromatic rings. The maximum absolute atomic E-state index is 13.0. The van der Waals surface area contributed by atoms with Gasteiger partial charge in [0.25, 0.3) is 11.5 Å². The fourth-order valence-electron chi connectivity index (χ4n) is 5.04. The minimum Gasteiger partial charge on any atom is -0.342 e. The summed E-state index contributed by atoms with van der Waals surface area (Å²) in [6.07, 6.45) is 0.879. The molecule has 0 saturated carbocycles. The van der Waals surface area contributed by atoms with Gasteiger partial charge in [-0.05, 0) is 36.1 Å². The molecule has 2 fully saturated rings.